The van der Waals surface area contributed by atoms with Crippen LogP contribution in [0.5, 0.6) is 0 Å². The lowest BCUT2D eigenvalue weighted by Gasteiger charge is -2.17. The predicted molar refractivity (Wildman–Crippen MR) is 80.1 cm³/mol. The van der Waals surface area contributed by atoms with E-state index in [-0.39, 0.29) is 11.3 Å². The van der Waals surface area contributed by atoms with Gasteiger partial charge in [0.1, 0.15) is 0 Å². The van der Waals surface area contributed by atoms with Crippen LogP contribution >= 0.6 is 11.6 Å². The summed E-state index contributed by atoms with van der Waals surface area (Å²) in [5.74, 6) is 0.0226. The molecule has 0 bridgehead atoms. The maximum Gasteiger partial charge on any atom is 0.233 e. The van der Waals surface area contributed by atoms with Crippen LogP contribution in [0.2, 0.25) is 5.02 Å². The standard InChI is InChI=1S/C15H21ClN2O2/c1-20-8-7-17-10-14(19)18-11-15(5-6-15)12-3-2-4-13(16)9-12/h2-4,9,17H,5-8,10-11H2,1H3,(H,18,19). The van der Waals surface area contributed by atoms with Crippen molar-refractivity contribution >= 4 is 17.5 Å². The number of halogens is 1. The first-order chi connectivity index (χ1) is 9.66. The number of rotatable bonds is 8. The van der Waals surface area contributed by atoms with Gasteiger partial charge in [0.25, 0.3) is 0 Å². The first-order valence-electron chi connectivity index (χ1n) is 6.89. The van der Waals surface area contributed by atoms with Gasteiger partial charge in [0.15, 0.2) is 0 Å². The molecule has 5 heteroatoms. The summed E-state index contributed by atoms with van der Waals surface area (Å²) in [6.07, 6.45) is 2.20. The fourth-order valence-corrected chi connectivity index (χ4v) is 2.43. The topological polar surface area (TPSA) is 50.4 Å². The van der Waals surface area contributed by atoms with Gasteiger partial charge < -0.3 is 15.4 Å². The van der Waals surface area contributed by atoms with Gasteiger partial charge in [-0.2, -0.15) is 0 Å². The average Bonchev–Trinajstić information content (AvgIpc) is 3.23. The third-order valence-corrected chi connectivity index (χ3v) is 3.92. The van der Waals surface area contributed by atoms with E-state index in [1.165, 1.54) is 5.56 Å². The molecule has 0 radical (unpaired) electrons. The van der Waals surface area contributed by atoms with Crippen molar-refractivity contribution in [2.45, 2.75) is 18.3 Å². The van der Waals surface area contributed by atoms with Gasteiger partial charge in [-0.1, -0.05) is 23.7 Å². The molecular weight excluding hydrogens is 276 g/mol. The second kappa shape index (κ2) is 7.07. The minimum absolute atomic E-state index is 0.0226. The summed E-state index contributed by atoms with van der Waals surface area (Å²) in [6, 6.07) is 7.92. The average molecular weight is 297 g/mol. The number of carbonyl (C=O) groups is 1. The summed E-state index contributed by atoms with van der Waals surface area (Å²) in [6.45, 7) is 2.30. The van der Waals surface area contributed by atoms with Gasteiger partial charge >= 0.3 is 0 Å². The van der Waals surface area contributed by atoms with E-state index in [4.69, 9.17) is 16.3 Å². The molecule has 1 amide bonds. The lowest BCUT2D eigenvalue weighted by molar-refractivity contribution is -0.120. The number of nitrogens with one attached hydrogen (secondary N) is 2. The van der Waals surface area contributed by atoms with Crippen LogP contribution in [-0.4, -0.2) is 39.3 Å². The number of carbonyl (C=O) groups excluding carboxylic acids is 1. The maximum absolute atomic E-state index is 11.7. The fraction of sp³-hybridized carbons (Fsp3) is 0.533. The van der Waals surface area contributed by atoms with Crippen LogP contribution in [0.15, 0.2) is 24.3 Å². The monoisotopic (exact) mass is 296 g/mol. The predicted octanol–water partition coefficient (Wildman–Crippen LogP) is 1.72. The third-order valence-electron chi connectivity index (χ3n) is 3.68. The van der Waals surface area contributed by atoms with E-state index in [0.717, 1.165) is 17.9 Å². The highest BCUT2D eigenvalue weighted by Gasteiger charge is 2.44. The molecule has 110 valence electrons. The van der Waals surface area contributed by atoms with Gasteiger partial charge in [0.2, 0.25) is 5.91 Å². The summed E-state index contributed by atoms with van der Waals surface area (Å²) < 4.78 is 4.91. The van der Waals surface area contributed by atoms with Crippen molar-refractivity contribution in [3.8, 4) is 0 Å². The highest BCUT2D eigenvalue weighted by Crippen LogP contribution is 2.48. The molecule has 2 N–H and O–H groups in total. The quantitative estimate of drug-likeness (QED) is 0.718. The SMILES string of the molecule is COCCNCC(=O)NCC1(c2cccc(Cl)c2)CC1. The molecule has 0 spiro atoms. The van der Waals surface area contributed by atoms with Gasteiger partial charge in [-0.05, 0) is 30.5 Å². The molecule has 20 heavy (non-hydrogen) atoms. The highest BCUT2D eigenvalue weighted by atomic mass is 35.5. The van der Waals surface area contributed by atoms with E-state index in [9.17, 15) is 4.79 Å². The van der Waals surface area contributed by atoms with Crippen molar-refractivity contribution in [1.29, 1.82) is 0 Å². The molecule has 1 fully saturated rings. The number of benzene rings is 1. The molecule has 0 heterocycles. The summed E-state index contributed by atoms with van der Waals surface area (Å²) in [5.41, 5.74) is 1.31. The molecule has 0 atom stereocenters. The summed E-state index contributed by atoms with van der Waals surface area (Å²) in [5, 5.41) is 6.78. The van der Waals surface area contributed by atoms with E-state index < -0.39 is 0 Å². The Morgan fingerprint density at radius 3 is 2.90 bits per heavy atom. The molecule has 1 aliphatic rings. The number of hydrogen-bond acceptors (Lipinski definition) is 3. The zero-order valence-corrected chi connectivity index (χ0v) is 12.5. The summed E-state index contributed by atoms with van der Waals surface area (Å²) in [4.78, 5) is 11.7. The third kappa shape index (κ3) is 4.20. The van der Waals surface area contributed by atoms with Crippen LogP contribution in [-0.2, 0) is 14.9 Å². The van der Waals surface area contributed by atoms with Crippen molar-refractivity contribution < 1.29 is 9.53 Å². The zero-order chi connectivity index (χ0) is 14.4. The van der Waals surface area contributed by atoms with E-state index in [2.05, 4.69) is 16.7 Å². The summed E-state index contributed by atoms with van der Waals surface area (Å²) >= 11 is 6.03. The molecule has 1 saturated carbocycles. The van der Waals surface area contributed by atoms with Crippen LogP contribution < -0.4 is 10.6 Å². The summed E-state index contributed by atoms with van der Waals surface area (Å²) in [7, 11) is 1.64. The van der Waals surface area contributed by atoms with Crippen LogP contribution in [0.4, 0.5) is 0 Å². The van der Waals surface area contributed by atoms with Crippen molar-refractivity contribution in [2.75, 3.05) is 33.4 Å². The Kier molecular flexibility index (Phi) is 5.40. The van der Waals surface area contributed by atoms with Crippen LogP contribution in [0.1, 0.15) is 18.4 Å². The molecule has 1 aromatic carbocycles. The highest BCUT2D eigenvalue weighted by molar-refractivity contribution is 6.30. The molecule has 0 aromatic heterocycles. The van der Waals surface area contributed by atoms with Crippen LogP contribution in [0.3, 0.4) is 0 Å². The number of ether oxygens (including phenoxy) is 1. The van der Waals surface area contributed by atoms with Gasteiger partial charge in [-0.15, -0.1) is 0 Å². The van der Waals surface area contributed by atoms with Gasteiger partial charge in [-0.3, -0.25) is 4.79 Å². The minimum atomic E-state index is 0.0226. The Hall–Kier alpha value is -1.10. The Morgan fingerprint density at radius 2 is 2.25 bits per heavy atom. The minimum Gasteiger partial charge on any atom is -0.383 e. The van der Waals surface area contributed by atoms with Crippen molar-refractivity contribution in [3.63, 3.8) is 0 Å². The van der Waals surface area contributed by atoms with Crippen molar-refractivity contribution in [3.05, 3.63) is 34.9 Å². The molecule has 1 aliphatic carbocycles. The van der Waals surface area contributed by atoms with E-state index in [1.807, 2.05) is 18.2 Å². The molecule has 0 unspecified atom stereocenters. The largest absolute Gasteiger partial charge is 0.383 e. The molecule has 0 saturated heterocycles. The second-order valence-corrected chi connectivity index (χ2v) is 5.67. The molecule has 0 aliphatic heterocycles. The lowest BCUT2D eigenvalue weighted by Crippen LogP contribution is -2.39. The van der Waals surface area contributed by atoms with E-state index in [0.29, 0.717) is 26.2 Å². The van der Waals surface area contributed by atoms with Gasteiger partial charge in [0, 0.05) is 30.6 Å². The Bertz CT molecular complexity index is 461. The maximum atomic E-state index is 11.7. The second-order valence-electron chi connectivity index (χ2n) is 5.24. The first kappa shape index (κ1) is 15.3. The normalized spacial score (nSPS) is 15.9. The fourth-order valence-electron chi connectivity index (χ4n) is 2.24. The molecular formula is C15H21ClN2O2. The van der Waals surface area contributed by atoms with Gasteiger partial charge in [0.05, 0.1) is 13.2 Å². The van der Waals surface area contributed by atoms with Gasteiger partial charge in [-0.25, -0.2) is 0 Å². The van der Waals surface area contributed by atoms with Crippen molar-refractivity contribution in [1.82, 2.24) is 10.6 Å². The van der Waals surface area contributed by atoms with E-state index in [1.54, 1.807) is 7.11 Å². The lowest BCUT2D eigenvalue weighted by atomic mass is 9.96. The zero-order valence-electron chi connectivity index (χ0n) is 11.7. The Morgan fingerprint density at radius 1 is 1.45 bits per heavy atom. The Balaban J connectivity index is 1.77. The van der Waals surface area contributed by atoms with Crippen LogP contribution in [0.25, 0.3) is 0 Å². The molecule has 2 rings (SSSR count). The number of methoxy groups -OCH3 is 1. The van der Waals surface area contributed by atoms with Crippen LogP contribution in [0, 0.1) is 0 Å². The smallest absolute Gasteiger partial charge is 0.233 e. The van der Waals surface area contributed by atoms with E-state index >= 15 is 0 Å². The molecule has 4 nitrogen and oxygen atoms in total. The molecule has 1 aromatic rings. The Labute approximate surface area is 124 Å². The van der Waals surface area contributed by atoms with Crippen molar-refractivity contribution in [2.24, 2.45) is 0 Å². The first-order valence-corrected chi connectivity index (χ1v) is 7.26. The number of amides is 1. The number of hydrogen-bond donors (Lipinski definition) is 2.